The van der Waals surface area contributed by atoms with Crippen LogP contribution in [0.15, 0.2) is 30.3 Å². The summed E-state index contributed by atoms with van der Waals surface area (Å²) in [5.41, 5.74) is 5.88. The normalized spacial score (nSPS) is 22.0. The van der Waals surface area contributed by atoms with Gasteiger partial charge in [-0.3, -0.25) is 9.69 Å². The predicted octanol–water partition coefficient (Wildman–Crippen LogP) is 2.61. The molecule has 1 saturated carbocycles. The molecular formula is C22H25ClN6O2. The van der Waals surface area contributed by atoms with Crippen LogP contribution in [0.1, 0.15) is 41.7 Å². The van der Waals surface area contributed by atoms with Crippen molar-refractivity contribution in [1.82, 2.24) is 15.1 Å². The van der Waals surface area contributed by atoms with Crippen molar-refractivity contribution in [2.45, 2.75) is 37.8 Å². The molecule has 1 aromatic carbocycles. The van der Waals surface area contributed by atoms with E-state index < -0.39 is 5.91 Å². The van der Waals surface area contributed by atoms with Crippen molar-refractivity contribution in [3.8, 4) is 11.8 Å². The average Bonchev–Trinajstić information content (AvgIpc) is 2.80. The number of primary amides is 1. The van der Waals surface area contributed by atoms with Gasteiger partial charge in [-0.05, 0) is 49.9 Å². The number of carbonyl (C=O) groups is 1. The number of nitriles is 1. The molecule has 0 bridgehead atoms. The summed E-state index contributed by atoms with van der Waals surface area (Å²) in [6.45, 7) is 3.71. The lowest BCUT2D eigenvalue weighted by atomic mass is 9.91. The first kappa shape index (κ1) is 21.3. The van der Waals surface area contributed by atoms with Gasteiger partial charge in [-0.2, -0.15) is 5.26 Å². The molecular weight excluding hydrogens is 416 g/mol. The van der Waals surface area contributed by atoms with Crippen molar-refractivity contribution in [2.75, 3.05) is 31.1 Å². The van der Waals surface area contributed by atoms with Crippen LogP contribution in [0.2, 0.25) is 5.02 Å². The molecule has 9 heteroatoms. The Hall–Kier alpha value is -2.89. The second kappa shape index (κ2) is 9.50. The standard InChI is InChI=1S/C22H25ClN6O2/c23-19-13-18(4-1-15(19)14-24)31-17-5-2-16(3-6-17)28-9-11-29(12-10-28)21-8-7-20(22(25)30)26-27-21/h1,4,7-8,13,16-17H,2-3,5-6,9-12H2,(H2,25,30). The number of carbonyl (C=O) groups excluding carboxylic acids is 1. The highest BCUT2D eigenvalue weighted by Gasteiger charge is 2.29. The molecule has 1 aliphatic carbocycles. The fourth-order valence-corrected chi connectivity index (χ4v) is 4.53. The van der Waals surface area contributed by atoms with Gasteiger partial charge in [-0.25, -0.2) is 0 Å². The number of rotatable bonds is 5. The molecule has 1 saturated heterocycles. The predicted molar refractivity (Wildman–Crippen MR) is 117 cm³/mol. The third-order valence-electron chi connectivity index (χ3n) is 6.07. The van der Waals surface area contributed by atoms with E-state index >= 15 is 0 Å². The second-order valence-electron chi connectivity index (χ2n) is 7.97. The molecule has 162 valence electrons. The summed E-state index contributed by atoms with van der Waals surface area (Å²) < 4.78 is 6.10. The first-order chi connectivity index (χ1) is 15.0. The Morgan fingerprint density at radius 1 is 1.10 bits per heavy atom. The quantitative estimate of drug-likeness (QED) is 0.761. The van der Waals surface area contributed by atoms with E-state index in [0.717, 1.165) is 63.4 Å². The molecule has 8 nitrogen and oxygen atoms in total. The highest BCUT2D eigenvalue weighted by atomic mass is 35.5. The minimum atomic E-state index is -0.564. The highest BCUT2D eigenvalue weighted by molar-refractivity contribution is 6.31. The number of hydrogen-bond donors (Lipinski definition) is 1. The zero-order valence-electron chi connectivity index (χ0n) is 17.2. The van der Waals surface area contributed by atoms with Crippen molar-refractivity contribution in [1.29, 1.82) is 5.26 Å². The summed E-state index contributed by atoms with van der Waals surface area (Å²) in [7, 11) is 0. The maximum atomic E-state index is 11.1. The maximum Gasteiger partial charge on any atom is 0.269 e. The number of nitrogens with two attached hydrogens (primary N) is 1. The van der Waals surface area contributed by atoms with Gasteiger partial charge in [0.15, 0.2) is 11.5 Å². The molecule has 0 spiro atoms. The van der Waals surface area contributed by atoms with Crippen LogP contribution in [0.4, 0.5) is 5.82 Å². The largest absolute Gasteiger partial charge is 0.490 e. The van der Waals surface area contributed by atoms with Crippen molar-refractivity contribution in [2.24, 2.45) is 5.73 Å². The fourth-order valence-electron chi connectivity index (χ4n) is 4.32. The molecule has 1 aromatic heterocycles. The van der Waals surface area contributed by atoms with Gasteiger partial charge in [-0.15, -0.1) is 10.2 Å². The third-order valence-corrected chi connectivity index (χ3v) is 6.38. The Labute approximate surface area is 186 Å². The van der Waals surface area contributed by atoms with E-state index in [2.05, 4.69) is 26.1 Å². The number of nitrogens with zero attached hydrogens (tertiary/aromatic N) is 5. The van der Waals surface area contributed by atoms with Crippen molar-refractivity contribution in [3.05, 3.63) is 46.6 Å². The van der Waals surface area contributed by atoms with Gasteiger partial charge >= 0.3 is 0 Å². The van der Waals surface area contributed by atoms with E-state index in [9.17, 15) is 4.79 Å². The number of aromatic nitrogens is 2. The summed E-state index contributed by atoms with van der Waals surface area (Å²) in [5.74, 6) is 0.943. The van der Waals surface area contributed by atoms with Gasteiger partial charge < -0.3 is 15.4 Å². The van der Waals surface area contributed by atoms with E-state index in [1.807, 2.05) is 6.07 Å². The van der Waals surface area contributed by atoms with Crippen LogP contribution in [0.25, 0.3) is 0 Å². The van der Waals surface area contributed by atoms with Crippen LogP contribution in [0, 0.1) is 11.3 Å². The lowest BCUT2D eigenvalue weighted by Crippen LogP contribution is -2.51. The van der Waals surface area contributed by atoms with Crippen molar-refractivity contribution >= 4 is 23.3 Å². The smallest absolute Gasteiger partial charge is 0.269 e. The van der Waals surface area contributed by atoms with Crippen LogP contribution < -0.4 is 15.4 Å². The number of hydrogen-bond acceptors (Lipinski definition) is 7. The van der Waals surface area contributed by atoms with Crippen LogP contribution in [0.5, 0.6) is 5.75 Å². The first-order valence-corrected chi connectivity index (χ1v) is 10.9. The molecule has 31 heavy (non-hydrogen) atoms. The summed E-state index contributed by atoms with van der Waals surface area (Å²) in [5, 5.41) is 17.5. The summed E-state index contributed by atoms with van der Waals surface area (Å²) >= 11 is 6.11. The molecule has 4 rings (SSSR count). The zero-order valence-corrected chi connectivity index (χ0v) is 18.0. The lowest BCUT2D eigenvalue weighted by molar-refractivity contribution is 0.0845. The molecule has 0 atom stereocenters. The second-order valence-corrected chi connectivity index (χ2v) is 8.37. The molecule has 0 radical (unpaired) electrons. The topological polar surface area (TPSA) is 108 Å². The van der Waals surface area contributed by atoms with Crippen LogP contribution in [-0.4, -0.2) is 59.3 Å². The molecule has 2 N–H and O–H groups in total. The Bertz CT molecular complexity index is 961. The van der Waals surface area contributed by atoms with E-state index in [1.54, 1.807) is 24.3 Å². The highest BCUT2D eigenvalue weighted by Crippen LogP contribution is 2.29. The van der Waals surface area contributed by atoms with Crippen molar-refractivity contribution < 1.29 is 9.53 Å². The summed E-state index contributed by atoms with van der Waals surface area (Å²) in [6, 6.07) is 11.3. The van der Waals surface area contributed by atoms with Crippen LogP contribution in [0.3, 0.4) is 0 Å². The fraction of sp³-hybridized carbons (Fsp3) is 0.455. The first-order valence-electron chi connectivity index (χ1n) is 10.5. The Morgan fingerprint density at radius 2 is 1.84 bits per heavy atom. The van der Waals surface area contributed by atoms with Crippen LogP contribution >= 0.6 is 11.6 Å². The molecule has 2 aromatic rings. The van der Waals surface area contributed by atoms with Gasteiger partial charge in [0, 0.05) is 38.3 Å². The number of ether oxygens (including phenoxy) is 1. The van der Waals surface area contributed by atoms with E-state index in [4.69, 9.17) is 27.3 Å². The maximum absolute atomic E-state index is 11.1. The van der Waals surface area contributed by atoms with Gasteiger partial charge in [0.25, 0.3) is 5.91 Å². The molecule has 1 amide bonds. The number of halogens is 1. The SMILES string of the molecule is N#Cc1ccc(OC2CCC(N3CCN(c4ccc(C(N)=O)nn4)CC3)CC2)cc1Cl. The van der Waals surface area contributed by atoms with Gasteiger partial charge in [0.2, 0.25) is 0 Å². The zero-order chi connectivity index (χ0) is 21.8. The Balaban J connectivity index is 1.24. The van der Waals surface area contributed by atoms with E-state index in [0.29, 0.717) is 16.6 Å². The molecule has 1 aliphatic heterocycles. The molecule has 2 aliphatic rings. The minimum absolute atomic E-state index is 0.181. The van der Waals surface area contributed by atoms with Gasteiger partial charge in [-0.1, -0.05) is 11.6 Å². The number of benzene rings is 1. The lowest BCUT2D eigenvalue weighted by Gasteiger charge is -2.42. The monoisotopic (exact) mass is 440 g/mol. The average molecular weight is 441 g/mol. The van der Waals surface area contributed by atoms with Crippen molar-refractivity contribution in [3.63, 3.8) is 0 Å². The third kappa shape index (κ3) is 5.06. The molecule has 2 heterocycles. The Morgan fingerprint density at radius 3 is 2.42 bits per heavy atom. The Kier molecular flexibility index (Phi) is 6.54. The van der Waals surface area contributed by atoms with Gasteiger partial charge in [0.1, 0.15) is 11.8 Å². The number of piperazine rings is 1. The molecule has 2 fully saturated rings. The van der Waals surface area contributed by atoms with Gasteiger partial charge in [0.05, 0.1) is 16.7 Å². The van der Waals surface area contributed by atoms with Crippen LogP contribution in [-0.2, 0) is 0 Å². The number of anilines is 1. The van der Waals surface area contributed by atoms with E-state index in [1.165, 1.54) is 0 Å². The minimum Gasteiger partial charge on any atom is -0.490 e. The number of amides is 1. The molecule has 0 unspecified atom stereocenters. The summed E-state index contributed by atoms with van der Waals surface area (Å²) in [6.07, 6.45) is 4.38. The summed E-state index contributed by atoms with van der Waals surface area (Å²) in [4.78, 5) is 15.9. The van der Waals surface area contributed by atoms with E-state index in [-0.39, 0.29) is 11.8 Å².